The van der Waals surface area contributed by atoms with Crippen LogP contribution < -0.4 is 0 Å². The third-order valence-electron chi connectivity index (χ3n) is 4.58. The predicted octanol–water partition coefficient (Wildman–Crippen LogP) is 2.42. The van der Waals surface area contributed by atoms with Crippen molar-refractivity contribution in [2.45, 2.75) is 33.6 Å². The van der Waals surface area contributed by atoms with Gasteiger partial charge in [0.05, 0.1) is 5.92 Å². The first kappa shape index (κ1) is 19.9. The largest absolute Gasteiger partial charge is 0.480 e. The number of hydrogen-bond donors (Lipinski definition) is 1. The second kappa shape index (κ2) is 8.83. The molecule has 0 saturated carbocycles. The van der Waals surface area contributed by atoms with Crippen molar-refractivity contribution in [2.24, 2.45) is 11.8 Å². The highest BCUT2D eigenvalue weighted by Crippen LogP contribution is 2.21. The van der Waals surface area contributed by atoms with E-state index in [1.54, 1.807) is 17.0 Å². The monoisotopic (exact) mass is 360 g/mol. The lowest BCUT2D eigenvalue weighted by Crippen LogP contribution is -2.48. The van der Waals surface area contributed by atoms with E-state index in [2.05, 4.69) is 0 Å². The zero-order valence-electron chi connectivity index (χ0n) is 15.8. The quantitative estimate of drug-likeness (QED) is 0.845. The van der Waals surface area contributed by atoms with Gasteiger partial charge in [0, 0.05) is 25.2 Å². The molecule has 2 amide bonds. The van der Waals surface area contributed by atoms with E-state index in [0.717, 1.165) is 12.0 Å². The lowest BCUT2D eigenvalue weighted by Gasteiger charge is -2.35. The Hall–Kier alpha value is -2.37. The van der Waals surface area contributed by atoms with Crippen LogP contribution in [0.4, 0.5) is 0 Å². The minimum atomic E-state index is -1.01. The number of carboxylic acid groups (broad SMARTS) is 1. The Morgan fingerprint density at radius 1 is 1.23 bits per heavy atom. The fourth-order valence-electron chi connectivity index (χ4n) is 3.34. The molecule has 26 heavy (non-hydrogen) atoms. The highest BCUT2D eigenvalue weighted by atomic mass is 16.4. The van der Waals surface area contributed by atoms with E-state index in [0.29, 0.717) is 31.6 Å². The van der Waals surface area contributed by atoms with Gasteiger partial charge in [-0.1, -0.05) is 31.5 Å². The normalized spacial score (nSPS) is 17.2. The zero-order chi connectivity index (χ0) is 19.3. The molecular formula is C20H28N2O4. The van der Waals surface area contributed by atoms with E-state index in [-0.39, 0.29) is 30.2 Å². The standard InChI is InChI=1S/C20H28N2O4/c1-14(2)11-22(13-18(23)24)20(26)17-5-4-10-21(12-17)19(25)16-8-6-15(3)7-9-16/h6-9,14,17H,4-5,10-13H2,1-3H3,(H,23,24). The molecule has 1 saturated heterocycles. The summed E-state index contributed by atoms with van der Waals surface area (Å²) in [6.07, 6.45) is 1.43. The molecule has 142 valence electrons. The Kier molecular flexibility index (Phi) is 6.77. The third-order valence-corrected chi connectivity index (χ3v) is 4.58. The van der Waals surface area contributed by atoms with Crippen LogP contribution in [-0.2, 0) is 9.59 Å². The minimum absolute atomic E-state index is 0.0730. The second-order valence-electron chi connectivity index (χ2n) is 7.46. The molecule has 1 unspecified atom stereocenters. The first-order valence-electron chi connectivity index (χ1n) is 9.14. The van der Waals surface area contributed by atoms with Crippen molar-refractivity contribution in [3.8, 4) is 0 Å². The van der Waals surface area contributed by atoms with Gasteiger partial charge in [-0.15, -0.1) is 0 Å². The Morgan fingerprint density at radius 3 is 2.46 bits per heavy atom. The Balaban J connectivity index is 2.07. The Morgan fingerprint density at radius 2 is 1.88 bits per heavy atom. The van der Waals surface area contributed by atoms with Crippen LogP contribution in [0.15, 0.2) is 24.3 Å². The first-order chi connectivity index (χ1) is 12.3. The fraction of sp³-hybridized carbons (Fsp3) is 0.550. The lowest BCUT2D eigenvalue weighted by atomic mass is 9.95. The second-order valence-corrected chi connectivity index (χ2v) is 7.46. The van der Waals surface area contributed by atoms with Crippen LogP contribution in [0.25, 0.3) is 0 Å². The van der Waals surface area contributed by atoms with Gasteiger partial charge < -0.3 is 14.9 Å². The topological polar surface area (TPSA) is 77.9 Å². The van der Waals surface area contributed by atoms with Gasteiger partial charge >= 0.3 is 5.97 Å². The molecule has 1 aliphatic heterocycles. The molecule has 0 aromatic heterocycles. The van der Waals surface area contributed by atoms with Crippen molar-refractivity contribution < 1.29 is 19.5 Å². The Bertz CT molecular complexity index is 654. The molecule has 1 atom stereocenters. The third kappa shape index (κ3) is 5.31. The van der Waals surface area contributed by atoms with E-state index in [1.165, 1.54) is 4.90 Å². The number of nitrogens with zero attached hydrogens (tertiary/aromatic N) is 2. The number of piperidine rings is 1. The molecular weight excluding hydrogens is 332 g/mol. The van der Waals surface area contributed by atoms with Crippen molar-refractivity contribution in [2.75, 3.05) is 26.2 Å². The van der Waals surface area contributed by atoms with Gasteiger partial charge in [-0.05, 0) is 37.8 Å². The summed E-state index contributed by atoms with van der Waals surface area (Å²) in [5.41, 5.74) is 1.71. The summed E-state index contributed by atoms with van der Waals surface area (Å²) in [7, 11) is 0. The van der Waals surface area contributed by atoms with E-state index >= 15 is 0 Å². The van der Waals surface area contributed by atoms with Crippen LogP contribution in [0.2, 0.25) is 0 Å². The molecule has 0 bridgehead atoms. The van der Waals surface area contributed by atoms with Gasteiger partial charge in [0.2, 0.25) is 5.91 Å². The molecule has 1 aliphatic rings. The average molecular weight is 360 g/mol. The van der Waals surface area contributed by atoms with Gasteiger partial charge in [-0.2, -0.15) is 0 Å². The van der Waals surface area contributed by atoms with Crippen molar-refractivity contribution >= 4 is 17.8 Å². The average Bonchev–Trinajstić information content (AvgIpc) is 2.60. The van der Waals surface area contributed by atoms with Crippen LogP contribution in [0.1, 0.15) is 42.6 Å². The molecule has 1 aromatic carbocycles. The molecule has 6 heteroatoms. The molecule has 1 fully saturated rings. The van der Waals surface area contributed by atoms with Crippen molar-refractivity contribution in [1.29, 1.82) is 0 Å². The van der Waals surface area contributed by atoms with Gasteiger partial charge in [0.25, 0.3) is 5.91 Å². The summed E-state index contributed by atoms with van der Waals surface area (Å²) in [6, 6.07) is 7.41. The number of likely N-dealkylation sites (tertiary alicyclic amines) is 1. The van der Waals surface area contributed by atoms with E-state index < -0.39 is 5.97 Å². The van der Waals surface area contributed by atoms with Crippen LogP contribution in [0.3, 0.4) is 0 Å². The highest BCUT2D eigenvalue weighted by Gasteiger charge is 2.32. The maximum atomic E-state index is 12.8. The summed E-state index contributed by atoms with van der Waals surface area (Å²) in [4.78, 5) is 39.8. The number of carbonyl (C=O) groups is 3. The fourth-order valence-corrected chi connectivity index (χ4v) is 3.34. The van der Waals surface area contributed by atoms with Crippen molar-refractivity contribution in [3.63, 3.8) is 0 Å². The summed E-state index contributed by atoms with van der Waals surface area (Å²) in [6.45, 7) is 6.97. The molecule has 6 nitrogen and oxygen atoms in total. The minimum Gasteiger partial charge on any atom is -0.480 e. The predicted molar refractivity (Wildman–Crippen MR) is 98.9 cm³/mol. The molecule has 1 aromatic rings. The number of rotatable bonds is 6. The van der Waals surface area contributed by atoms with Crippen LogP contribution in [-0.4, -0.2) is 58.9 Å². The molecule has 1 heterocycles. The van der Waals surface area contributed by atoms with E-state index in [9.17, 15) is 14.4 Å². The smallest absolute Gasteiger partial charge is 0.323 e. The van der Waals surface area contributed by atoms with Crippen LogP contribution in [0, 0.1) is 18.8 Å². The van der Waals surface area contributed by atoms with E-state index in [4.69, 9.17) is 5.11 Å². The molecule has 0 spiro atoms. The Labute approximate surface area is 154 Å². The van der Waals surface area contributed by atoms with Gasteiger partial charge in [-0.3, -0.25) is 14.4 Å². The number of carboxylic acids is 1. The maximum Gasteiger partial charge on any atom is 0.323 e. The van der Waals surface area contributed by atoms with E-state index in [1.807, 2.05) is 32.9 Å². The number of amides is 2. The summed E-state index contributed by atoms with van der Waals surface area (Å²) >= 11 is 0. The van der Waals surface area contributed by atoms with Crippen LogP contribution in [0.5, 0.6) is 0 Å². The number of aryl methyl sites for hydroxylation is 1. The molecule has 2 rings (SSSR count). The van der Waals surface area contributed by atoms with Crippen LogP contribution >= 0.6 is 0 Å². The first-order valence-corrected chi connectivity index (χ1v) is 9.14. The number of hydrogen-bond acceptors (Lipinski definition) is 3. The molecule has 1 N–H and O–H groups in total. The lowest BCUT2D eigenvalue weighted by molar-refractivity contribution is -0.147. The van der Waals surface area contributed by atoms with Crippen molar-refractivity contribution in [1.82, 2.24) is 9.80 Å². The number of aliphatic carboxylic acids is 1. The van der Waals surface area contributed by atoms with Gasteiger partial charge in [0.15, 0.2) is 0 Å². The highest BCUT2D eigenvalue weighted by molar-refractivity contribution is 5.95. The van der Waals surface area contributed by atoms with Gasteiger partial charge in [-0.25, -0.2) is 0 Å². The summed E-state index contributed by atoms with van der Waals surface area (Å²) in [5, 5.41) is 9.10. The summed E-state index contributed by atoms with van der Waals surface area (Å²) < 4.78 is 0. The summed E-state index contributed by atoms with van der Waals surface area (Å²) in [5.74, 6) is -1.40. The van der Waals surface area contributed by atoms with Crippen molar-refractivity contribution in [3.05, 3.63) is 35.4 Å². The number of carbonyl (C=O) groups excluding carboxylic acids is 2. The van der Waals surface area contributed by atoms with Gasteiger partial charge in [0.1, 0.15) is 6.54 Å². The zero-order valence-corrected chi connectivity index (χ0v) is 15.8. The molecule has 0 radical (unpaired) electrons. The molecule has 0 aliphatic carbocycles. The SMILES string of the molecule is Cc1ccc(C(=O)N2CCCC(C(=O)N(CC(=O)O)CC(C)C)C2)cc1. The number of benzene rings is 1. The maximum absolute atomic E-state index is 12.8.